The van der Waals surface area contributed by atoms with Crippen LogP contribution in [0.25, 0.3) is 6.08 Å². The molecule has 29 heavy (non-hydrogen) atoms. The van der Waals surface area contributed by atoms with Gasteiger partial charge in [0.05, 0.1) is 24.7 Å². The van der Waals surface area contributed by atoms with Crippen molar-refractivity contribution >= 4 is 52.2 Å². The molecule has 2 amide bonds. The molecule has 152 valence electrons. The Morgan fingerprint density at radius 3 is 2.41 bits per heavy atom. The first-order chi connectivity index (χ1) is 13.8. The number of methoxy groups -OCH3 is 1. The van der Waals surface area contributed by atoms with E-state index in [2.05, 4.69) is 0 Å². The number of amides is 2. The lowest BCUT2D eigenvalue weighted by Gasteiger charge is -2.15. The minimum atomic E-state index is -0.391. The molecule has 0 atom stereocenters. The summed E-state index contributed by atoms with van der Waals surface area (Å²) in [6.45, 7) is 3.87. The van der Waals surface area contributed by atoms with Gasteiger partial charge in [-0.05, 0) is 61.5 Å². The van der Waals surface area contributed by atoms with Gasteiger partial charge in [0.25, 0.3) is 11.1 Å². The van der Waals surface area contributed by atoms with Gasteiger partial charge in [-0.3, -0.25) is 14.5 Å². The van der Waals surface area contributed by atoms with Crippen molar-refractivity contribution in [3.8, 4) is 11.5 Å². The van der Waals surface area contributed by atoms with Crippen molar-refractivity contribution in [1.29, 1.82) is 0 Å². The third-order valence-electron chi connectivity index (χ3n) is 4.10. The zero-order valence-corrected chi connectivity index (χ0v) is 18.4. The molecule has 0 unspecified atom stereocenters. The van der Waals surface area contributed by atoms with Crippen molar-refractivity contribution in [3.63, 3.8) is 0 Å². The number of rotatable bonds is 6. The van der Waals surface area contributed by atoms with E-state index in [1.807, 2.05) is 13.8 Å². The van der Waals surface area contributed by atoms with Crippen LogP contribution >= 0.6 is 35.0 Å². The molecule has 2 aromatic rings. The van der Waals surface area contributed by atoms with E-state index in [1.165, 1.54) is 0 Å². The smallest absolute Gasteiger partial charge is 0.293 e. The Hall–Kier alpha value is -2.15. The van der Waals surface area contributed by atoms with Crippen molar-refractivity contribution in [2.75, 3.05) is 7.11 Å². The summed E-state index contributed by atoms with van der Waals surface area (Å²) in [6.07, 6.45) is 1.66. The van der Waals surface area contributed by atoms with E-state index in [0.29, 0.717) is 32.0 Å². The molecule has 5 nitrogen and oxygen atoms in total. The molecule has 0 saturated carbocycles. The van der Waals surface area contributed by atoms with E-state index < -0.39 is 5.91 Å². The van der Waals surface area contributed by atoms with Gasteiger partial charge < -0.3 is 9.47 Å². The lowest BCUT2D eigenvalue weighted by molar-refractivity contribution is -0.123. The molecular formula is C21H19Cl2NO4S. The lowest BCUT2D eigenvalue weighted by Crippen LogP contribution is -2.27. The number of benzene rings is 2. The van der Waals surface area contributed by atoms with E-state index >= 15 is 0 Å². The highest BCUT2D eigenvalue weighted by molar-refractivity contribution is 8.18. The molecule has 0 spiro atoms. The minimum Gasteiger partial charge on any atom is -0.493 e. The summed E-state index contributed by atoms with van der Waals surface area (Å²) in [5.74, 6) is 0.771. The van der Waals surface area contributed by atoms with Crippen LogP contribution in [0.2, 0.25) is 10.0 Å². The Morgan fingerprint density at radius 1 is 1.10 bits per heavy atom. The van der Waals surface area contributed by atoms with Gasteiger partial charge in [-0.15, -0.1) is 0 Å². The first-order valence-corrected chi connectivity index (χ1v) is 10.4. The second-order valence-corrected chi connectivity index (χ2v) is 8.35. The summed E-state index contributed by atoms with van der Waals surface area (Å²) in [6, 6.07) is 10.4. The predicted octanol–water partition coefficient (Wildman–Crippen LogP) is 6.03. The zero-order chi connectivity index (χ0) is 21.1. The van der Waals surface area contributed by atoms with Crippen LogP contribution < -0.4 is 9.47 Å². The maximum atomic E-state index is 12.8. The SMILES string of the molecule is COc1cc(/C=C2\SC(=O)N(Cc3c(Cl)cccc3Cl)C2=O)ccc1OC(C)C. The average Bonchev–Trinajstić information content (AvgIpc) is 2.92. The summed E-state index contributed by atoms with van der Waals surface area (Å²) in [5, 5.41) is 0.445. The van der Waals surface area contributed by atoms with Gasteiger partial charge in [-0.25, -0.2) is 0 Å². The number of hydrogen-bond acceptors (Lipinski definition) is 5. The van der Waals surface area contributed by atoms with Gasteiger partial charge >= 0.3 is 0 Å². The van der Waals surface area contributed by atoms with Crippen molar-refractivity contribution in [3.05, 3.63) is 62.5 Å². The summed E-state index contributed by atoms with van der Waals surface area (Å²) < 4.78 is 11.1. The maximum Gasteiger partial charge on any atom is 0.293 e. The highest BCUT2D eigenvalue weighted by atomic mass is 35.5. The quantitative estimate of drug-likeness (QED) is 0.502. The molecule has 1 saturated heterocycles. The Balaban J connectivity index is 1.84. The first kappa shape index (κ1) is 21.6. The van der Waals surface area contributed by atoms with Crippen molar-refractivity contribution < 1.29 is 19.1 Å². The third-order valence-corrected chi connectivity index (χ3v) is 5.72. The fraction of sp³-hybridized carbons (Fsp3) is 0.238. The van der Waals surface area contributed by atoms with Crippen LogP contribution in [0.3, 0.4) is 0 Å². The second-order valence-electron chi connectivity index (χ2n) is 6.54. The molecule has 1 heterocycles. The van der Waals surface area contributed by atoms with Gasteiger partial charge in [0, 0.05) is 15.6 Å². The number of carbonyl (C=O) groups is 2. The van der Waals surface area contributed by atoms with Crippen molar-refractivity contribution in [2.45, 2.75) is 26.5 Å². The Morgan fingerprint density at radius 2 is 1.79 bits per heavy atom. The number of imide groups is 1. The molecule has 0 aromatic heterocycles. The monoisotopic (exact) mass is 451 g/mol. The molecule has 1 fully saturated rings. The van der Waals surface area contributed by atoms with Crippen LogP contribution in [0.15, 0.2) is 41.3 Å². The van der Waals surface area contributed by atoms with Crippen LogP contribution in [0.5, 0.6) is 11.5 Å². The second kappa shape index (κ2) is 9.11. The van der Waals surface area contributed by atoms with Crippen LogP contribution in [0, 0.1) is 0 Å². The van der Waals surface area contributed by atoms with E-state index in [0.717, 1.165) is 22.2 Å². The number of ether oxygens (including phenoxy) is 2. The summed E-state index contributed by atoms with van der Waals surface area (Å²) >= 11 is 13.2. The fourth-order valence-corrected chi connectivity index (χ4v) is 4.11. The predicted molar refractivity (Wildman–Crippen MR) is 117 cm³/mol. The number of carbonyl (C=O) groups excluding carboxylic acids is 2. The van der Waals surface area contributed by atoms with E-state index in [4.69, 9.17) is 32.7 Å². The van der Waals surface area contributed by atoms with Crippen LogP contribution in [-0.4, -0.2) is 29.3 Å². The molecule has 0 radical (unpaired) electrons. The topological polar surface area (TPSA) is 55.8 Å². The number of nitrogens with zero attached hydrogens (tertiary/aromatic N) is 1. The summed E-state index contributed by atoms with van der Waals surface area (Å²) in [4.78, 5) is 26.6. The average molecular weight is 452 g/mol. The Kier molecular flexibility index (Phi) is 6.77. The normalized spacial score (nSPS) is 15.5. The number of hydrogen-bond donors (Lipinski definition) is 0. The van der Waals surface area contributed by atoms with Gasteiger partial charge in [-0.2, -0.15) is 0 Å². The van der Waals surface area contributed by atoms with Crippen molar-refractivity contribution in [2.24, 2.45) is 0 Å². The van der Waals surface area contributed by atoms with Crippen LogP contribution in [0.4, 0.5) is 4.79 Å². The molecule has 0 N–H and O–H groups in total. The highest BCUT2D eigenvalue weighted by Crippen LogP contribution is 2.37. The van der Waals surface area contributed by atoms with Crippen molar-refractivity contribution in [1.82, 2.24) is 4.90 Å². The van der Waals surface area contributed by atoms with Gasteiger partial charge in [-0.1, -0.05) is 35.3 Å². The van der Waals surface area contributed by atoms with Crippen LogP contribution in [0.1, 0.15) is 25.0 Å². The van der Waals surface area contributed by atoms with E-state index in [-0.39, 0.29) is 17.9 Å². The molecule has 0 aliphatic carbocycles. The van der Waals surface area contributed by atoms with Gasteiger partial charge in [0.15, 0.2) is 11.5 Å². The fourth-order valence-electron chi connectivity index (χ4n) is 2.75. The number of thioether (sulfide) groups is 1. The molecule has 3 rings (SSSR count). The minimum absolute atomic E-state index is 0.00267. The number of halogens is 2. The van der Waals surface area contributed by atoms with E-state index in [9.17, 15) is 9.59 Å². The molecule has 2 aromatic carbocycles. The first-order valence-electron chi connectivity index (χ1n) is 8.83. The Labute approximate surface area is 183 Å². The van der Waals surface area contributed by atoms with Gasteiger partial charge in [0.2, 0.25) is 0 Å². The Bertz CT molecular complexity index is 970. The van der Waals surface area contributed by atoms with E-state index in [1.54, 1.807) is 49.6 Å². The lowest BCUT2D eigenvalue weighted by atomic mass is 10.1. The largest absolute Gasteiger partial charge is 0.493 e. The standard InChI is InChI=1S/C21H19Cl2NO4S/c1-12(2)28-17-8-7-13(9-18(17)27-3)10-19-20(25)24(21(26)29-19)11-14-15(22)5-4-6-16(14)23/h4-10,12H,11H2,1-3H3/b19-10-. The molecule has 1 aliphatic rings. The maximum absolute atomic E-state index is 12.8. The van der Waals surface area contributed by atoms with Gasteiger partial charge in [0.1, 0.15) is 0 Å². The molecule has 1 aliphatic heterocycles. The van der Waals surface area contributed by atoms with Crippen LogP contribution in [-0.2, 0) is 11.3 Å². The summed E-state index contributed by atoms with van der Waals surface area (Å²) in [5.41, 5.74) is 1.26. The molecular weight excluding hydrogens is 433 g/mol. The third kappa shape index (κ3) is 4.89. The molecule has 8 heteroatoms. The zero-order valence-electron chi connectivity index (χ0n) is 16.1. The summed E-state index contributed by atoms with van der Waals surface area (Å²) in [7, 11) is 1.55. The highest BCUT2D eigenvalue weighted by Gasteiger charge is 2.35. The molecule has 0 bridgehead atoms.